The van der Waals surface area contributed by atoms with Gasteiger partial charge in [0, 0.05) is 16.7 Å². The summed E-state index contributed by atoms with van der Waals surface area (Å²) in [5.74, 6) is 0.424. The van der Waals surface area contributed by atoms with Gasteiger partial charge in [0.05, 0.1) is 11.4 Å². The first-order chi connectivity index (χ1) is 10.1. The fourth-order valence-electron chi connectivity index (χ4n) is 2.31. The molecule has 0 saturated carbocycles. The molecule has 0 radical (unpaired) electrons. The number of aromatic amines is 1. The normalized spacial score (nSPS) is 10.5. The van der Waals surface area contributed by atoms with Gasteiger partial charge in [-0.05, 0) is 19.1 Å². The molecule has 3 aromatic rings. The highest BCUT2D eigenvalue weighted by atomic mass is 16.1. The SMILES string of the molecule is Cc1nc(-c2ccccc2)c(-c2ccc(C(N)=O)cc2)[nH]1. The summed E-state index contributed by atoms with van der Waals surface area (Å²) < 4.78 is 0. The number of hydrogen-bond donors (Lipinski definition) is 2. The van der Waals surface area contributed by atoms with E-state index in [0.29, 0.717) is 5.56 Å². The number of H-pyrrole nitrogens is 1. The van der Waals surface area contributed by atoms with Gasteiger partial charge in [-0.25, -0.2) is 4.98 Å². The maximum Gasteiger partial charge on any atom is 0.248 e. The van der Waals surface area contributed by atoms with Crippen molar-refractivity contribution in [2.45, 2.75) is 6.92 Å². The van der Waals surface area contributed by atoms with E-state index in [9.17, 15) is 4.79 Å². The van der Waals surface area contributed by atoms with Gasteiger partial charge in [-0.1, -0.05) is 42.5 Å². The smallest absolute Gasteiger partial charge is 0.248 e. The number of rotatable bonds is 3. The summed E-state index contributed by atoms with van der Waals surface area (Å²) in [6.07, 6.45) is 0. The van der Waals surface area contributed by atoms with Crippen LogP contribution in [0.2, 0.25) is 0 Å². The summed E-state index contributed by atoms with van der Waals surface area (Å²) in [6.45, 7) is 1.92. The number of amides is 1. The summed E-state index contributed by atoms with van der Waals surface area (Å²) in [6, 6.07) is 17.2. The number of carbonyl (C=O) groups excluding carboxylic acids is 1. The van der Waals surface area contributed by atoms with Gasteiger partial charge in [0.2, 0.25) is 5.91 Å². The van der Waals surface area contributed by atoms with Crippen LogP contribution >= 0.6 is 0 Å². The standard InChI is InChI=1S/C17H15N3O/c1-11-19-15(12-5-3-2-4-6-12)16(20-11)13-7-9-14(10-8-13)17(18)21/h2-10H,1H3,(H2,18,21)(H,19,20). The third kappa shape index (κ3) is 2.56. The summed E-state index contributed by atoms with van der Waals surface area (Å²) in [4.78, 5) is 19.0. The Kier molecular flexibility index (Phi) is 3.28. The van der Waals surface area contributed by atoms with E-state index in [1.54, 1.807) is 12.1 Å². The van der Waals surface area contributed by atoms with Crippen molar-refractivity contribution in [3.63, 3.8) is 0 Å². The highest BCUT2D eigenvalue weighted by Gasteiger charge is 2.12. The second-order valence-electron chi connectivity index (χ2n) is 4.85. The summed E-state index contributed by atoms with van der Waals surface area (Å²) >= 11 is 0. The van der Waals surface area contributed by atoms with Crippen molar-refractivity contribution in [3.8, 4) is 22.5 Å². The van der Waals surface area contributed by atoms with Crippen molar-refractivity contribution in [1.29, 1.82) is 0 Å². The minimum atomic E-state index is -0.425. The third-order valence-corrected chi connectivity index (χ3v) is 3.33. The Labute approximate surface area is 122 Å². The highest BCUT2D eigenvalue weighted by Crippen LogP contribution is 2.29. The quantitative estimate of drug-likeness (QED) is 0.772. The van der Waals surface area contributed by atoms with Gasteiger partial charge in [0.15, 0.2) is 0 Å². The number of benzene rings is 2. The molecule has 0 aliphatic heterocycles. The van der Waals surface area contributed by atoms with Crippen LogP contribution in [0.15, 0.2) is 54.6 Å². The highest BCUT2D eigenvalue weighted by molar-refractivity contribution is 5.93. The average Bonchev–Trinajstić information content (AvgIpc) is 2.90. The molecule has 3 rings (SSSR count). The number of carbonyl (C=O) groups is 1. The molecule has 1 heterocycles. The Morgan fingerprint density at radius 3 is 2.29 bits per heavy atom. The predicted molar refractivity (Wildman–Crippen MR) is 82.7 cm³/mol. The van der Waals surface area contributed by atoms with Gasteiger partial charge in [0.25, 0.3) is 0 Å². The predicted octanol–water partition coefficient (Wildman–Crippen LogP) is 3.15. The van der Waals surface area contributed by atoms with Crippen LogP contribution in [0.1, 0.15) is 16.2 Å². The van der Waals surface area contributed by atoms with Crippen LogP contribution in [0.25, 0.3) is 22.5 Å². The first-order valence-corrected chi connectivity index (χ1v) is 6.67. The summed E-state index contributed by atoms with van der Waals surface area (Å²) in [5.41, 5.74) is 9.63. The van der Waals surface area contributed by atoms with E-state index in [1.807, 2.05) is 49.4 Å². The van der Waals surface area contributed by atoms with E-state index >= 15 is 0 Å². The van der Waals surface area contributed by atoms with E-state index in [-0.39, 0.29) is 0 Å². The number of primary amides is 1. The van der Waals surface area contributed by atoms with Crippen molar-refractivity contribution in [2.24, 2.45) is 5.73 Å². The van der Waals surface area contributed by atoms with Crippen LogP contribution in [0.5, 0.6) is 0 Å². The van der Waals surface area contributed by atoms with Gasteiger partial charge in [-0.15, -0.1) is 0 Å². The molecule has 0 unspecified atom stereocenters. The van der Waals surface area contributed by atoms with E-state index in [1.165, 1.54) is 0 Å². The Balaban J connectivity index is 2.09. The molecule has 0 bridgehead atoms. The first kappa shape index (κ1) is 13.1. The van der Waals surface area contributed by atoms with Crippen molar-refractivity contribution in [2.75, 3.05) is 0 Å². The minimum absolute atomic E-state index is 0.425. The van der Waals surface area contributed by atoms with Gasteiger partial charge in [-0.3, -0.25) is 4.79 Å². The number of imidazole rings is 1. The molecule has 0 fully saturated rings. The van der Waals surface area contributed by atoms with E-state index in [2.05, 4.69) is 9.97 Å². The number of nitrogens with two attached hydrogens (primary N) is 1. The van der Waals surface area contributed by atoms with Gasteiger partial charge in [0.1, 0.15) is 5.82 Å². The van der Waals surface area contributed by atoms with Crippen molar-refractivity contribution in [3.05, 3.63) is 66.0 Å². The minimum Gasteiger partial charge on any atom is -0.366 e. The summed E-state index contributed by atoms with van der Waals surface area (Å²) in [7, 11) is 0. The van der Waals surface area contributed by atoms with Crippen molar-refractivity contribution < 1.29 is 4.79 Å². The van der Waals surface area contributed by atoms with Crippen LogP contribution < -0.4 is 5.73 Å². The number of nitrogens with one attached hydrogen (secondary N) is 1. The Bertz CT molecular complexity index is 774. The lowest BCUT2D eigenvalue weighted by molar-refractivity contribution is 0.100. The van der Waals surface area contributed by atoms with Crippen LogP contribution in [-0.4, -0.2) is 15.9 Å². The number of aryl methyl sites for hydroxylation is 1. The second-order valence-corrected chi connectivity index (χ2v) is 4.85. The van der Waals surface area contributed by atoms with E-state index < -0.39 is 5.91 Å². The lowest BCUT2D eigenvalue weighted by Crippen LogP contribution is -2.10. The second kappa shape index (κ2) is 5.25. The molecular weight excluding hydrogens is 262 g/mol. The Hall–Kier alpha value is -2.88. The topological polar surface area (TPSA) is 71.8 Å². The lowest BCUT2D eigenvalue weighted by Gasteiger charge is -2.04. The lowest BCUT2D eigenvalue weighted by atomic mass is 10.0. The Morgan fingerprint density at radius 2 is 1.67 bits per heavy atom. The molecule has 1 amide bonds. The fraction of sp³-hybridized carbons (Fsp3) is 0.0588. The average molecular weight is 277 g/mol. The zero-order valence-electron chi connectivity index (χ0n) is 11.6. The van der Waals surface area contributed by atoms with E-state index in [0.717, 1.165) is 28.3 Å². The molecule has 104 valence electrons. The van der Waals surface area contributed by atoms with Gasteiger partial charge in [-0.2, -0.15) is 0 Å². The molecular formula is C17H15N3O. The molecule has 2 aromatic carbocycles. The number of nitrogens with zero attached hydrogens (tertiary/aromatic N) is 1. The molecule has 0 atom stereocenters. The molecule has 0 spiro atoms. The number of hydrogen-bond acceptors (Lipinski definition) is 2. The van der Waals surface area contributed by atoms with Crippen LogP contribution in [0.3, 0.4) is 0 Å². The third-order valence-electron chi connectivity index (χ3n) is 3.33. The van der Waals surface area contributed by atoms with Crippen molar-refractivity contribution >= 4 is 5.91 Å². The molecule has 0 saturated heterocycles. The number of aromatic nitrogens is 2. The van der Waals surface area contributed by atoms with Gasteiger partial charge >= 0.3 is 0 Å². The molecule has 21 heavy (non-hydrogen) atoms. The fourth-order valence-corrected chi connectivity index (χ4v) is 2.31. The van der Waals surface area contributed by atoms with Gasteiger partial charge < -0.3 is 10.7 Å². The Morgan fingerprint density at radius 1 is 1.00 bits per heavy atom. The van der Waals surface area contributed by atoms with E-state index in [4.69, 9.17) is 5.73 Å². The van der Waals surface area contributed by atoms with Crippen LogP contribution in [0.4, 0.5) is 0 Å². The summed E-state index contributed by atoms with van der Waals surface area (Å²) in [5, 5.41) is 0. The van der Waals surface area contributed by atoms with Crippen LogP contribution in [-0.2, 0) is 0 Å². The molecule has 1 aromatic heterocycles. The maximum absolute atomic E-state index is 11.1. The monoisotopic (exact) mass is 277 g/mol. The van der Waals surface area contributed by atoms with Crippen LogP contribution in [0, 0.1) is 6.92 Å². The zero-order valence-corrected chi connectivity index (χ0v) is 11.6. The largest absolute Gasteiger partial charge is 0.366 e. The molecule has 0 aliphatic rings. The van der Waals surface area contributed by atoms with Crippen molar-refractivity contribution in [1.82, 2.24) is 9.97 Å². The molecule has 0 aliphatic carbocycles. The molecule has 4 nitrogen and oxygen atoms in total. The zero-order chi connectivity index (χ0) is 14.8. The molecule has 4 heteroatoms. The molecule has 3 N–H and O–H groups in total. The maximum atomic E-state index is 11.1. The first-order valence-electron chi connectivity index (χ1n) is 6.67.